The summed E-state index contributed by atoms with van der Waals surface area (Å²) in [4.78, 5) is 2.46. The number of hydrogen-bond acceptors (Lipinski definition) is 5. The van der Waals surface area contributed by atoms with Crippen molar-refractivity contribution in [2.24, 2.45) is 0 Å². The Kier molecular flexibility index (Phi) is 11.0. The van der Waals surface area contributed by atoms with E-state index in [1.807, 2.05) is 0 Å². The third-order valence-electron chi connectivity index (χ3n) is 5.70. The van der Waals surface area contributed by atoms with Gasteiger partial charge in [0.2, 0.25) is 0 Å². The van der Waals surface area contributed by atoms with Crippen molar-refractivity contribution in [2.45, 2.75) is 51.0 Å². The highest BCUT2D eigenvalue weighted by Gasteiger charge is 2.22. The first-order valence-electron chi connectivity index (χ1n) is 11.6. The normalized spacial score (nSPS) is 19.0. The summed E-state index contributed by atoms with van der Waals surface area (Å²) in [6.07, 6.45) is 4.84. The zero-order valence-electron chi connectivity index (χ0n) is 18.5. The minimum absolute atomic E-state index is 0.0660. The van der Waals surface area contributed by atoms with Crippen LogP contribution in [0.4, 0.5) is 0 Å². The van der Waals surface area contributed by atoms with Crippen LogP contribution in [0.25, 0.3) is 0 Å². The van der Waals surface area contributed by atoms with Gasteiger partial charge in [-0.15, -0.1) is 0 Å². The maximum atomic E-state index is 8.71. The molecule has 0 heterocycles. The molecule has 31 heavy (non-hydrogen) atoms. The molecule has 1 aliphatic rings. The molecule has 1 fully saturated rings. The fraction of sp³-hybridized carbons (Fsp3) is 0.538. The van der Waals surface area contributed by atoms with E-state index >= 15 is 0 Å². The van der Waals surface area contributed by atoms with Crippen molar-refractivity contribution in [3.8, 4) is 0 Å². The third kappa shape index (κ3) is 9.50. The van der Waals surface area contributed by atoms with Gasteiger partial charge in [0.15, 0.2) is 0 Å². The van der Waals surface area contributed by atoms with E-state index in [-0.39, 0.29) is 6.61 Å². The van der Waals surface area contributed by atoms with E-state index in [0.717, 1.165) is 51.9 Å². The summed E-state index contributed by atoms with van der Waals surface area (Å²) in [6.45, 7) is 5.13. The van der Waals surface area contributed by atoms with Gasteiger partial charge in [0.25, 0.3) is 0 Å². The van der Waals surface area contributed by atoms with Crippen LogP contribution >= 0.6 is 0 Å². The molecule has 2 aromatic carbocycles. The molecule has 1 N–H and O–H groups in total. The van der Waals surface area contributed by atoms with Crippen molar-refractivity contribution < 1.29 is 19.3 Å². The first kappa shape index (κ1) is 23.9. The maximum Gasteiger partial charge on any atom is 0.0704 e. The van der Waals surface area contributed by atoms with Crippen LogP contribution in [-0.2, 0) is 27.3 Å². The number of rotatable bonds is 14. The lowest BCUT2D eigenvalue weighted by molar-refractivity contribution is -0.0503. The lowest BCUT2D eigenvalue weighted by Gasteiger charge is -2.30. The van der Waals surface area contributed by atoms with Crippen molar-refractivity contribution >= 4 is 0 Å². The van der Waals surface area contributed by atoms with Crippen molar-refractivity contribution in [3.05, 3.63) is 71.8 Å². The molecule has 1 aliphatic carbocycles. The Labute approximate surface area is 186 Å². The number of benzene rings is 2. The molecular weight excluding hydrogens is 390 g/mol. The predicted molar refractivity (Wildman–Crippen MR) is 123 cm³/mol. The smallest absolute Gasteiger partial charge is 0.0704 e. The third-order valence-corrected chi connectivity index (χ3v) is 5.70. The maximum absolute atomic E-state index is 8.71. The van der Waals surface area contributed by atoms with Crippen LogP contribution in [-0.4, -0.2) is 61.8 Å². The summed E-state index contributed by atoms with van der Waals surface area (Å²) in [5.41, 5.74) is 2.66. The second-order valence-corrected chi connectivity index (χ2v) is 8.16. The fourth-order valence-electron chi connectivity index (χ4n) is 4.05. The second-order valence-electron chi connectivity index (χ2n) is 8.16. The van der Waals surface area contributed by atoms with Gasteiger partial charge >= 0.3 is 0 Å². The van der Waals surface area contributed by atoms with Gasteiger partial charge in [-0.2, -0.15) is 0 Å². The Bertz CT molecular complexity index is 648. The van der Waals surface area contributed by atoms with E-state index in [9.17, 15) is 0 Å². The monoisotopic (exact) mass is 427 g/mol. The van der Waals surface area contributed by atoms with Crippen molar-refractivity contribution in [2.75, 3.05) is 39.6 Å². The van der Waals surface area contributed by atoms with Crippen LogP contribution in [0.3, 0.4) is 0 Å². The van der Waals surface area contributed by atoms with Crippen molar-refractivity contribution in [3.63, 3.8) is 0 Å². The summed E-state index contributed by atoms with van der Waals surface area (Å²) >= 11 is 0. The molecule has 5 nitrogen and oxygen atoms in total. The van der Waals surface area contributed by atoms with Gasteiger partial charge in [0.1, 0.15) is 0 Å². The number of aliphatic hydroxyl groups is 1. The molecule has 0 amide bonds. The Balaban J connectivity index is 1.37. The molecule has 0 aromatic heterocycles. The Morgan fingerprint density at radius 3 is 1.71 bits per heavy atom. The lowest BCUT2D eigenvalue weighted by Crippen LogP contribution is -2.31. The minimum Gasteiger partial charge on any atom is -0.394 e. The zero-order valence-corrected chi connectivity index (χ0v) is 18.5. The first-order valence-corrected chi connectivity index (χ1v) is 11.6. The lowest BCUT2D eigenvalue weighted by atomic mass is 9.95. The van der Waals surface area contributed by atoms with Crippen LogP contribution in [0.1, 0.15) is 36.8 Å². The molecule has 2 aromatic rings. The number of hydrogen-bond donors (Lipinski definition) is 1. The molecule has 0 aliphatic heterocycles. The molecule has 1 saturated carbocycles. The highest BCUT2D eigenvalue weighted by atomic mass is 16.5. The predicted octanol–water partition coefficient (Wildman–Crippen LogP) is 4.04. The van der Waals surface area contributed by atoms with E-state index in [4.69, 9.17) is 19.3 Å². The van der Waals surface area contributed by atoms with E-state index in [2.05, 4.69) is 65.6 Å². The average molecular weight is 428 g/mol. The Morgan fingerprint density at radius 2 is 1.19 bits per heavy atom. The molecular formula is C26H37NO4. The summed E-state index contributed by atoms with van der Waals surface area (Å²) in [7, 11) is 0. The van der Waals surface area contributed by atoms with E-state index < -0.39 is 0 Å². The molecule has 0 bridgehead atoms. The van der Waals surface area contributed by atoms with Crippen LogP contribution in [0.2, 0.25) is 0 Å². The molecule has 170 valence electrons. The number of aliphatic hydroxyl groups excluding tert-OH is 1. The molecule has 0 saturated heterocycles. The van der Waals surface area contributed by atoms with E-state index in [1.54, 1.807) is 0 Å². The standard InChI is InChI=1S/C26H37NO4/c28-16-18-29-19-20-31-26-13-11-25(12-14-26)30-17-15-27(21-23-7-3-1-4-8-23)22-24-9-5-2-6-10-24/h1-10,25-26,28H,11-22H2. The van der Waals surface area contributed by atoms with Crippen molar-refractivity contribution in [1.82, 2.24) is 4.90 Å². The highest BCUT2D eigenvalue weighted by molar-refractivity contribution is 5.17. The van der Waals surface area contributed by atoms with E-state index in [0.29, 0.717) is 32.0 Å². The van der Waals surface area contributed by atoms with Crippen LogP contribution in [0, 0.1) is 0 Å². The van der Waals surface area contributed by atoms with Gasteiger partial charge in [-0.25, -0.2) is 0 Å². The molecule has 0 spiro atoms. The summed E-state index contributed by atoms with van der Waals surface area (Å²) in [5.74, 6) is 0. The molecule has 0 radical (unpaired) electrons. The van der Waals surface area contributed by atoms with Gasteiger partial charge in [-0.3, -0.25) is 4.90 Å². The Hall–Kier alpha value is -1.76. The summed E-state index contributed by atoms with van der Waals surface area (Å²) in [5, 5.41) is 8.71. The quantitative estimate of drug-likeness (QED) is 0.461. The number of ether oxygens (including phenoxy) is 3. The van der Waals surface area contributed by atoms with Crippen LogP contribution < -0.4 is 0 Å². The summed E-state index contributed by atoms with van der Waals surface area (Å²) < 4.78 is 17.4. The Morgan fingerprint density at radius 1 is 0.677 bits per heavy atom. The average Bonchev–Trinajstić information content (AvgIpc) is 2.81. The van der Waals surface area contributed by atoms with Gasteiger partial charge < -0.3 is 19.3 Å². The fourth-order valence-corrected chi connectivity index (χ4v) is 4.05. The topological polar surface area (TPSA) is 51.2 Å². The highest BCUT2D eigenvalue weighted by Crippen LogP contribution is 2.23. The van der Waals surface area contributed by atoms with Gasteiger partial charge in [-0.1, -0.05) is 60.7 Å². The minimum atomic E-state index is 0.0660. The second kappa shape index (κ2) is 14.3. The van der Waals surface area contributed by atoms with Crippen molar-refractivity contribution in [1.29, 1.82) is 0 Å². The van der Waals surface area contributed by atoms with E-state index in [1.165, 1.54) is 11.1 Å². The first-order chi connectivity index (χ1) is 15.3. The zero-order chi connectivity index (χ0) is 21.6. The van der Waals surface area contributed by atoms with Gasteiger partial charge in [0, 0.05) is 19.6 Å². The largest absolute Gasteiger partial charge is 0.394 e. The molecule has 0 atom stereocenters. The van der Waals surface area contributed by atoms with Crippen LogP contribution in [0.5, 0.6) is 0 Å². The van der Waals surface area contributed by atoms with Gasteiger partial charge in [-0.05, 0) is 36.8 Å². The SMILES string of the molecule is OCCOCCOC1CCC(OCCN(Cc2ccccc2)Cc2ccccc2)CC1. The van der Waals surface area contributed by atoms with Gasteiger partial charge in [0.05, 0.1) is 45.2 Å². The molecule has 0 unspecified atom stereocenters. The molecule has 3 rings (SSSR count). The summed E-state index contributed by atoms with van der Waals surface area (Å²) in [6, 6.07) is 21.3. The number of nitrogens with zero attached hydrogens (tertiary/aromatic N) is 1. The van der Waals surface area contributed by atoms with Crippen LogP contribution in [0.15, 0.2) is 60.7 Å². The molecule has 5 heteroatoms.